The molecule has 1 aliphatic heterocycles. The standard InChI is InChI=1S/C20H25FN4O4S/c1-13-17(21)5-7-19(22-13)23-20(26)16-12-15(4-6-18(16)29-3)30(27,28)24-14-8-10-25(2)11-9-14/h4-7,12,14,24H,8-11H2,1-3H3,(H,22,23,26). The van der Waals surface area contributed by atoms with Crippen molar-refractivity contribution in [3.8, 4) is 5.75 Å². The second-order valence-electron chi connectivity index (χ2n) is 7.28. The van der Waals surface area contributed by atoms with Crippen molar-refractivity contribution in [1.29, 1.82) is 0 Å². The number of carbonyl (C=O) groups excluding carboxylic acids is 1. The normalized spacial score (nSPS) is 15.7. The SMILES string of the molecule is COc1ccc(S(=O)(=O)NC2CCN(C)CC2)cc1C(=O)Nc1ccc(F)c(C)n1. The van der Waals surface area contributed by atoms with Crippen molar-refractivity contribution < 1.29 is 22.3 Å². The van der Waals surface area contributed by atoms with E-state index in [4.69, 9.17) is 4.74 Å². The Labute approximate surface area is 175 Å². The average Bonchev–Trinajstić information content (AvgIpc) is 2.71. The number of hydrogen-bond donors (Lipinski definition) is 2. The van der Waals surface area contributed by atoms with Crippen molar-refractivity contribution in [3.05, 3.63) is 47.4 Å². The average molecular weight is 437 g/mol. The summed E-state index contributed by atoms with van der Waals surface area (Å²) >= 11 is 0. The molecule has 162 valence electrons. The molecule has 1 aromatic carbocycles. The highest BCUT2D eigenvalue weighted by Gasteiger charge is 2.25. The van der Waals surface area contributed by atoms with Gasteiger partial charge in [0.25, 0.3) is 5.91 Å². The van der Waals surface area contributed by atoms with E-state index >= 15 is 0 Å². The number of benzene rings is 1. The van der Waals surface area contributed by atoms with Gasteiger partial charge in [-0.25, -0.2) is 22.5 Å². The van der Waals surface area contributed by atoms with Crippen LogP contribution in [0.1, 0.15) is 28.9 Å². The Hall–Kier alpha value is -2.56. The zero-order valence-electron chi connectivity index (χ0n) is 17.1. The summed E-state index contributed by atoms with van der Waals surface area (Å²) in [6, 6.07) is 6.46. The number of methoxy groups -OCH3 is 1. The molecule has 0 atom stereocenters. The summed E-state index contributed by atoms with van der Waals surface area (Å²) in [4.78, 5) is 18.8. The maximum atomic E-state index is 13.4. The van der Waals surface area contributed by atoms with Crippen molar-refractivity contribution in [1.82, 2.24) is 14.6 Å². The van der Waals surface area contributed by atoms with E-state index in [1.165, 1.54) is 44.4 Å². The Bertz CT molecular complexity index is 1040. The van der Waals surface area contributed by atoms with E-state index in [1.807, 2.05) is 7.05 Å². The van der Waals surface area contributed by atoms with Crippen LogP contribution in [0.5, 0.6) is 5.75 Å². The topological polar surface area (TPSA) is 101 Å². The maximum absolute atomic E-state index is 13.4. The molecular formula is C20H25FN4O4S. The molecule has 8 nitrogen and oxygen atoms in total. The Morgan fingerprint density at radius 3 is 2.57 bits per heavy atom. The van der Waals surface area contributed by atoms with Gasteiger partial charge in [-0.2, -0.15) is 0 Å². The number of aryl methyl sites for hydroxylation is 1. The van der Waals surface area contributed by atoms with Crippen LogP contribution in [0.4, 0.5) is 10.2 Å². The number of carbonyl (C=O) groups is 1. The van der Waals surface area contributed by atoms with E-state index in [2.05, 4.69) is 19.9 Å². The molecule has 1 amide bonds. The van der Waals surface area contributed by atoms with Crippen LogP contribution in [0.2, 0.25) is 0 Å². The molecule has 0 bridgehead atoms. The van der Waals surface area contributed by atoms with E-state index < -0.39 is 21.7 Å². The zero-order chi connectivity index (χ0) is 21.9. The van der Waals surface area contributed by atoms with Crippen molar-refractivity contribution in [2.45, 2.75) is 30.7 Å². The largest absolute Gasteiger partial charge is 0.496 e. The Morgan fingerprint density at radius 2 is 1.93 bits per heavy atom. The quantitative estimate of drug-likeness (QED) is 0.720. The first-order chi connectivity index (χ1) is 14.2. The molecule has 0 unspecified atom stereocenters. The Kier molecular flexibility index (Phi) is 6.69. The molecule has 1 aromatic heterocycles. The summed E-state index contributed by atoms with van der Waals surface area (Å²) in [6.45, 7) is 3.11. The first-order valence-corrected chi connectivity index (χ1v) is 11.0. The summed E-state index contributed by atoms with van der Waals surface area (Å²) < 4.78 is 47.0. The number of aromatic nitrogens is 1. The van der Waals surface area contributed by atoms with Gasteiger partial charge < -0.3 is 15.0 Å². The lowest BCUT2D eigenvalue weighted by molar-refractivity contribution is 0.102. The molecule has 1 aliphatic rings. The number of nitrogens with one attached hydrogen (secondary N) is 2. The van der Waals surface area contributed by atoms with Gasteiger partial charge in [0.2, 0.25) is 10.0 Å². The van der Waals surface area contributed by atoms with Crippen LogP contribution in [-0.4, -0.2) is 57.5 Å². The predicted octanol–water partition coefficient (Wildman–Crippen LogP) is 2.16. The van der Waals surface area contributed by atoms with E-state index in [0.29, 0.717) is 0 Å². The van der Waals surface area contributed by atoms with Crippen LogP contribution in [-0.2, 0) is 10.0 Å². The number of likely N-dealkylation sites (tertiary alicyclic amines) is 1. The zero-order valence-corrected chi connectivity index (χ0v) is 17.9. The van der Waals surface area contributed by atoms with Crippen molar-refractivity contribution in [3.63, 3.8) is 0 Å². The molecule has 2 N–H and O–H groups in total. The number of sulfonamides is 1. The molecule has 10 heteroatoms. The van der Waals surface area contributed by atoms with Crippen LogP contribution < -0.4 is 14.8 Å². The van der Waals surface area contributed by atoms with Gasteiger partial charge in [0.15, 0.2) is 0 Å². The summed E-state index contributed by atoms with van der Waals surface area (Å²) in [5, 5.41) is 2.55. The minimum Gasteiger partial charge on any atom is -0.496 e. The molecular weight excluding hydrogens is 411 g/mol. The summed E-state index contributed by atoms with van der Waals surface area (Å²) in [5.74, 6) is -0.733. The van der Waals surface area contributed by atoms with E-state index in [-0.39, 0.29) is 33.8 Å². The number of ether oxygens (including phenoxy) is 1. The van der Waals surface area contributed by atoms with Crippen LogP contribution in [0, 0.1) is 12.7 Å². The highest BCUT2D eigenvalue weighted by Crippen LogP contribution is 2.24. The van der Waals surface area contributed by atoms with Crippen molar-refractivity contribution in [2.24, 2.45) is 0 Å². The lowest BCUT2D eigenvalue weighted by atomic mass is 10.1. The molecule has 1 fully saturated rings. The van der Waals surface area contributed by atoms with E-state index in [1.54, 1.807) is 0 Å². The van der Waals surface area contributed by atoms with Gasteiger partial charge >= 0.3 is 0 Å². The first kappa shape index (κ1) is 22.1. The van der Waals surface area contributed by atoms with E-state index in [9.17, 15) is 17.6 Å². The number of pyridine rings is 1. The highest BCUT2D eigenvalue weighted by molar-refractivity contribution is 7.89. The molecule has 0 spiro atoms. The van der Waals surface area contributed by atoms with Gasteiger partial charge in [0.1, 0.15) is 17.4 Å². The Balaban J connectivity index is 1.83. The fourth-order valence-corrected chi connectivity index (χ4v) is 4.57. The molecule has 2 aromatic rings. The third-order valence-electron chi connectivity index (χ3n) is 5.03. The van der Waals surface area contributed by atoms with Gasteiger partial charge in [-0.3, -0.25) is 4.79 Å². The van der Waals surface area contributed by atoms with Gasteiger partial charge in [0, 0.05) is 6.04 Å². The molecule has 1 saturated heterocycles. The van der Waals surface area contributed by atoms with Crippen LogP contribution in [0.15, 0.2) is 35.2 Å². The molecule has 3 rings (SSSR count). The van der Waals surface area contributed by atoms with Crippen LogP contribution >= 0.6 is 0 Å². The number of nitrogens with zero attached hydrogens (tertiary/aromatic N) is 2. The monoisotopic (exact) mass is 436 g/mol. The molecule has 2 heterocycles. The number of halogens is 1. The summed E-state index contributed by atoms with van der Waals surface area (Å²) in [7, 11) is -0.430. The van der Waals surface area contributed by atoms with Crippen molar-refractivity contribution in [2.75, 3.05) is 32.6 Å². The van der Waals surface area contributed by atoms with Gasteiger partial charge in [0.05, 0.1) is 23.3 Å². The first-order valence-electron chi connectivity index (χ1n) is 9.53. The lowest BCUT2D eigenvalue weighted by Gasteiger charge is -2.29. The third-order valence-corrected chi connectivity index (χ3v) is 6.55. The minimum absolute atomic E-state index is 0.0318. The number of anilines is 1. The maximum Gasteiger partial charge on any atom is 0.260 e. The second-order valence-corrected chi connectivity index (χ2v) is 8.99. The van der Waals surface area contributed by atoms with Gasteiger partial charge in [-0.05, 0) is 70.2 Å². The molecule has 0 saturated carbocycles. The van der Waals surface area contributed by atoms with Crippen LogP contribution in [0.3, 0.4) is 0 Å². The lowest BCUT2D eigenvalue weighted by Crippen LogP contribution is -2.43. The molecule has 0 aliphatic carbocycles. The fraction of sp³-hybridized carbons (Fsp3) is 0.400. The second kappa shape index (κ2) is 9.07. The Morgan fingerprint density at radius 1 is 1.23 bits per heavy atom. The molecule has 30 heavy (non-hydrogen) atoms. The van der Waals surface area contributed by atoms with Crippen LogP contribution in [0.25, 0.3) is 0 Å². The van der Waals surface area contributed by atoms with Crippen molar-refractivity contribution >= 4 is 21.7 Å². The number of hydrogen-bond acceptors (Lipinski definition) is 6. The minimum atomic E-state index is -3.81. The predicted molar refractivity (Wildman–Crippen MR) is 111 cm³/mol. The van der Waals surface area contributed by atoms with E-state index in [0.717, 1.165) is 25.9 Å². The summed E-state index contributed by atoms with van der Waals surface area (Å²) in [5.41, 5.74) is 0.172. The smallest absolute Gasteiger partial charge is 0.260 e. The summed E-state index contributed by atoms with van der Waals surface area (Å²) in [6.07, 6.45) is 1.43. The third kappa shape index (κ3) is 5.13. The van der Waals surface area contributed by atoms with Gasteiger partial charge in [-0.1, -0.05) is 0 Å². The van der Waals surface area contributed by atoms with Gasteiger partial charge in [-0.15, -0.1) is 0 Å². The number of rotatable bonds is 6. The molecule has 0 radical (unpaired) electrons. The fourth-order valence-electron chi connectivity index (χ4n) is 3.24. The number of amides is 1. The highest BCUT2D eigenvalue weighted by atomic mass is 32.2. The number of piperidine rings is 1.